The van der Waals surface area contributed by atoms with Gasteiger partial charge in [0.15, 0.2) is 9.84 Å². The van der Waals surface area contributed by atoms with Gasteiger partial charge in [-0.15, -0.1) is 0 Å². The normalized spacial score (nSPS) is 13.8. The highest BCUT2D eigenvalue weighted by molar-refractivity contribution is 7.91. The van der Waals surface area contributed by atoms with E-state index in [0.29, 0.717) is 11.3 Å². The zero-order chi connectivity index (χ0) is 12.3. The van der Waals surface area contributed by atoms with Crippen LogP contribution < -0.4 is 5.73 Å². The fraction of sp³-hybridized carbons (Fsp3) is 0.500. The van der Waals surface area contributed by atoms with Gasteiger partial charge in [0.1, 0.15) is 0 Å². The van der Waals surface area contributed by atoms with Crippen LogP contribution in [0.2, 0.25) is 0 Å². The maximum absolute atomic E-state index is 12.0. The van der Waals surface area contributed by atoms with Crippen LogP contribution in [-0.2, 0) is 9.84 Å². The van der Waals surface area contributed by atoms with Crippen LogP contribution in [0, 0.1) is 13.8 Å². The van der Waals surface area contributed by atoms with E-state index in [4.69, 9.17) is 5.73 Å². The van der Waals surface area contributed by atoms with Gasteiger partial charge in [0.25, 0.3) is 0 Å². The van der Waals surface area contributed by atoms with Crippen molar-refractivity contribution >= 4 is 9.84 Å². The fourth-order valence-electron chi connectivity index (χ4n) is 1.40. The van der Waals surface area contributed by atoms with Gasteiger partial charge in [-0.05, 0) is 43.5 Å². The lowest BCUT2D eigenvalue weighted by Crippen LogP contribution is -2.28. The Balaban J connectivity index is 3.03. The van der Waals surface area contributed by atoms with E-state index >= 15 is 0 Å². The van der Waals surface area contributed by atoms with E-state index in [1.165, 1.54) is 0 Å². The summed E-state index contributed by atoms with van der Waals surface area (Å²) in [6, 6.07) is 4.92. The second-order valence-corrected chi connectivity index (χ2v) is 6.23. The molecule has 4 heteroatoms. The molecule has 16 heavy (non-hydrogen) atoms. The minimum absolute atomic E-state index is 0.0198. The lowest BCUT2D eigenvalue weighted by atomic mass is 10.1. The van der Waals surface area contributed by atoms with E-state index in [0.717, 1.165) is 11.1 Å². The number of sulfone groups is 1. The molecule has 0 saturated carbocycles. The summed E-state index contributed by atoms with van der Waals surface area (Å²) >= 11 is 0. The largest absolute Gasteiger partial charge is 0.327 e. The van der Waals surface area contributed by atoms with Gasteiger partial charge < -0.3 is 5.73 Å². The van der Waals surface area contributed by atoms with Gasteiger partial charge >= 0.3 is 0 Å². The molecule has 0 aliphatic heterocycles. The van der Waals surface area contributed by atoms with Gasteiger partial charge in [0.2, 0.25) is 0 Å². The molecule has 0 aromatic heterocycles. The predicted molar refractivity (Wildman–Crippen MR) is 66.2 cm³/mol. The highest BCUT2D eigenvalue weighted by atomic mass is 32.2. The first-order valence-electron chi connectivity index (χ1n) is 5.42. The summed E-state index contributed by atoms with van der Waals surface area (Å²) in [7, 11) is -3.24. The second-order valence-electron chi connectivity index (χ2n) is 4.20. The van der Waals surface area contributed by atoms with Gasteiger partial charge in [-0.3, -0.25) is 0 Å². The lowest BCUT2D eigenvalue weighted by molar-refractivity contribution is 0.583. The molecule has 0 aliphatic carbocycles. The quantitative estimate of drug-likeness (QED) is 0.874. The number of aryl methyl sites for hydroxylation is 2. The average molecular weight is 241 g/mol. The Morgan fingerprint density at radius 3 is 2.38 bits per heavy atom. The SMILES string of the molecule is CC[C@H](N)CS(=O)(=O)c1ccc(C)c(C)c1. The first-order valence-corrected chi connectivity index (χ1v) is 7.07. The molecule has 2 N–H and O–H groups in total. The molecular formula is C12H19NO2S. The molecule has 0 heterocycles. The molecule has 0 radical (unpaired) electrons. The summed E-state index contributed by atoms with van der Waals surface area (Å²) in [5.41, 5.74) is 7.77. The van der Waals surface area contributed by atoms with Gasteiger partial charge in [-0.2, -0.15) is 0 Å². The smallest absolute Gasteiger partial charge is 0.179 e. The van der Waals surface area contributed by atoms with E-state index in [9.17, 15) is 8.42 Å². The van der Waals surface area contributed by atoms with E-state index in [1.807, 2.05) is 26.8 Å². The molecule has 1 atom stereocenters. The summed E-state index contributed by atoms with van der Waals surface area (Å²) < 4.78 is 24.0. The van der Waals surface area contributed by atoms with Crippen molar-refractivity contribution in [3.8, 4) is 0 Å². The average Bonchev–Trinajstić information content (AvgIpc) is 2.21. The van der Waals surface area contributed by atoms with Crippen molar-refractivity contribution in [2.75, 3.05) is 5.75 Å². The Labute approximate surface area is 97.6 Å². The van der Waals surface area contributed by atoms with Gasteiger partial charge in [-0.25, -0.2) is 8.42 Å². The summed E-state index contributed by atoms with van der Waals surface area (Å²) in [5, 5.41) is 0. The Bertz CT molecular complexity index is 466. The first-order chi connectivity index (χ1) is 7.36. The van der Waals surface area contributed by atoms with Crippen molar-refractivity contribution in [2.24, 2.45) is 5.73 Å². The summed E-state index contributed by atoms with van der Waals surface area (Å²) in [4.78, 5) is 0.375. The van der Waals surface area contributed by atoms with Crippen LogP contribution in [0.1, 0.15) is 24.5 Å². The van der Waals surface area contributed by atoms with Gasteiger partial charge in [0.05, 0.1) is 10.6 Å². The topological polar surface area (TPSA) is 60.2 Å². The standard InChI is InChI=1S/C12H19NO2S/c1-4-11(13)8-16(14,15)12-6-5-9(2)10(3)7-12/h5-7,11H,4,8,13H2,1-3H3/t11-/m0/s1. The Morgan fingerprint density at radius 2 is 1.88 bits per heavy atom. The lowest BCUT2D eigenvalue weighted by Gasteiger charge is -2.11. The molecule has 0 fully saturated rings. The molecule has 0 aliphatic rings. The van der Waals surface area contributed by atoms with Gasteiger partial charge in [0, 0.05) is 6.04 Å². The second kappa shape index (κ2) is 4.97. The molecule has 0 spiro atoms. The van der Waals surface area contributed by atoms with Crippen LogP contribution in [0.4, 0.5) is 0 Å². The van der Waals surface area contributed by atoms with Crippen molar-refractivity contribution in [3.05, 3.63) is 29.3 Å². The van der Waals surface area contributed by atoms with Crippen LogP contribution >= 0.6 is 0 Å². The van der Waals surface area contributed by atoms with E-state index in [-0.39, 0.29) is 11.8 Å². The maximum Gasteiger partial charge on any atom is 0.179 e. The molecule has 90 valence electrons. The summed E-state index contributed by atoms with van der Waals surface area (Å²) in [6.07, 6.45) is 0.671. The van der Waals surface area contributed by atoms with Crippen LogP contribution in [0.3, 0.4) is 0 Å². The molecule has 1 aromatic carbocycles. The molecule has 1 rings (SSSR count). The van der Waals surface area contributed by atoms with Crippen LogP contribution in [0.15, 0.2) is 23.1 Å². The monoisotopic (exact) mass is 241 g/mol. The van der Waals surface area contributed by atoms with Crippen molar-refractivity contribution in [1.29, 1.82) is 0 Å². The van der Waals surface area contributed by atoms with Crippen LogP contribution in [0.5, 0.6) is 0 Å². The third-order valence-corrected chi connectivity index (χ3v) is 4.63. The van der Waals surface area contributed by atoms with E-state index < -0.39 is 9.84 Å². The zero-order valence-corrected chi connectivity index (χ0v) is 10.8. The van der Waals surface area contributed by atoms with Crippen LogP contribution in [0.25, 0.3) is 0 Å². The molecule has 0 saturated heterocycles. The molecule has 0 bridgehead atoms. The van der Waals surface area contributed by atoms with Gasteiger partial charge in [-0.1, -0.05) is 13.0 Å². The highest BCUT2D eigenvalue weighted by Crippen LogP contribution is 2.16. The minimum Gasteiger partial charge on any atom is -0.327 e. The van der Waals surface area contributed by atoms with E-state index in [2.05, 4.69) is 0 Å². The summed E-state index contributed by atoms with van der Waals surface area (Å²) in [5.74, 6) is 0.0198. The Hall–Kier alpha value is -0.870. The third-order valence-electron chi connectivity index (χ3n) is 2.80. The number of nitrogens with two attached hydrogens (primary N) is 1. The van der Waals surface area contributed by atoms with Crippen LogP contribution in [-0.4, -0.2) is 20.2 Å². The predicted octanol–water partition coefficient (Wildman–Crippen LogP) is 1.81. The molecule has 3 nitrogen and oxygen atoms in total. The Kier molecular flexibility index (Phi) is 4.10. The number of hydrogen-bond donors (Lipinski definition) is 1. The highest BCUT2D eigenvalue weighted by Gasteiger charge is 2.18. The zero-order valence-electron chi connectivity index (χ0n) is 10.0. The Morgan fingerprint density at radius 1 is 1.25 bits per heavy atom. The number of hydrogen-bond acceptors (Lipinski definition) is 3. The summed E-state index contributed by atoms with van der Waals surface area (Å²) in [6.45, 7) is 5.76. The minimum atomic E-state index is -3.24. The third kappa shape index (κ3) is 3.06. The number of benzene rings is 1. The molecule has 0 amide bonds. The van der Waals surface area contributed by atoms with E-state index in [1.54, 1.807) is 12.1 Å². The fourth-order valence-corrected chi connectivity index (χ4v) is 3.03. The maximum atomic E-state index is 12.0. The van der Waals surface area contributed by atoms with Crippen molar-refractivity contribution < 1.29 is 8.42 Å². The van der Waals surface area contributed by atoms with Crippen molar-refractivity contribution in [3.63, 3.8) is 0 Å². The van der Waals surface area contributed by atoms with Crippen molar-refractivity contribution in [2.45, 2.75) is 38.1 Å². The number of rotatable bonds is 4. The first kappa shape index (κ1) is 13.2. The molecular weight excluding hydrogens is 222 g/mol. The van der Waals surface area contributed by atoms with Crippen molar-refractivity contribution in [1.82, 2.24) is 0 Å². The molecule has 0 unspecified atom stereocenters. The molecule has 1 aromatic rings.